The summed E-state index contributed by atoms with van der Waals surface area (Å²) in [6, 6.07) is 15.7. The average molecular weight is 305 g/mol. The largest absolute Gasteiger partial charge is 0.342 e. The Morgan fingerprint density at radius 1 is 1.22 bits per heavy atom. The average Bonchev–Trinajstić information content (AvgIpc) is 3.21. The van der Waals surface area contributed by atoms with Crippen molar-refractivity contribution in [2.24, 2.45) is 0 Å². The van der Waals surface area contributed by atoms with Crippen molar-refractivity contribution in [1.82, 2.24) is 14.9 Å². The third-order valence-corrected chi connectivity index (χ3v) is 4.54. The molecule has 3 aromatic rings. The minimum atomic E-state index is 0.111. The molecular formula is C19H19N3O. The third-order valence-electron chi connectivity index (χ3n) is 4.54. The number of hydrogen-bond donors (Lipinski definition) is 1. The van der Waals surface area contributed by atoms with Crippen LogP contribution in [-0.2, 0) is 0 Å². The smallest absolute Gasteiger partial charge is 0.253 e. The minimum absolute atomic E-state index is 0.111. The number of aromatic amines is 1. The quantitative estimate of drug-likeness (QED) is 0.787. The number of aromatic nitrogens is 2. The molecule has 23 heavy (non-hydrogen) atoms. The van der Waals surface area contributed by atoms with Crippen LogP contribution in [-0.4, -0.2) is 33.9 Å². The highest BCUT2D eigenvalue weighted by molar-refractivity contribution is 5.94. The number of hydrogen-bond acceptors (Lipinski definition) is 2. The van der Waals surface area contributed by atoms with Gasteiger partial charge in [0.25, 0.3) is 5.91 Å². The van der Waals surface area contributed by atoms with Gasteiger partial charge in [-0.1, -0.05) is 24.3 Å². The second-order valence-corrected chi connectivity index (χ2v) is 6.25. The Hall–Kier alpha value is -2.62. The lowest BCUT2D eigenvalue weighted by molar-refractivity contribution is 0.0790. The van der Waals surface area contributed by atoms with Gasteiger partial charge in [0.05, 0.1) is 11.0 Å². The summed E-state index contributed by atoms with van der Waals surface area (Å²) in [4.78, 5) is 22.6. The summed E-state index contributed by atoms with van der Waals surface area (Å²) in [5, 5.41) is 0. The summed E-state index contributed by atoms with van der Waals surface area (Å²) < 4.78 is 0. The molecule has 1 fully saturated rings. The zero-order valence-corrected chi connectivity index (χ0v) is 13.1. The Morgan fingerprint density at radius 3 is 2.87 bits per heavy atom. The van der Waals surface area contributed by atoms with Crippen LogP contribution in [0, 0.1) is 6.92 Å². The number of rotatable bonds is 2. The molecule has 0 bridgehead atoms. The number of likely N-dealkylation sites (tertiary alicyclic amines) is 1. The van der Waals surface area contributed by atoms with E-state index in [4.69, 9.17) is 4.98 Å². The summed E-state index contributed by atoms with van der Waals surface area (Å²) in [7, 11) is 0. The van der Waals surface area contributed by atoms with Crippen LogP contribution in [0.15, 0.2) is 48.5 Å². The van der Waals surface area contributed by atoms with E-state index in [1.54, 1.807) is 0 Å². The van der Waals surface area contributed by atoms with Crippen LogP contribution in [0.1, 0.15) is 34.1 Å². The van der Waals surface area contributed by atoms with Crippen molar-refractivity contribution in [2.75, 3.05) is 13.1 Å². The predicted octanol–water partition coefficient (Wildman–Crippen LogP) is 3.50. The number of nitrogens with one attached hydrogen (secondary N) is 1. The molecule has 1 aliphatic rings. The van der Waals surface area contributed by atoms with Gasteiger partial charge in [0.1, 0.15) is 5.82 Å². The summed E-state index contributed by atoms with van der Waals surface area (Å²) in [6.45, 7) is 3.59. The first-order valence-corrected chi connectivity index (χ1v) is 8.01. The van der Waals surface area contributed by atoms with Crippen molar-refractivity contribution in [3.05, 3.63) is 65.5 Å². The van der Waals surface area contributed by atoms with Crippen molar-refractivity contribution in [3.8, 4) is 0 Å². The van der Waals surface area contributed by atoms with E-state index in [1.165, 1.54) is 5.56 Å². The number of nitrogens with zero attached hydrogens (tertiary/aromatic N) is 2. The molecule has 0 radical (unpaired) electrons. The maximum Gasteiger partial charge on any atom is 0.253 e. The molecule has 1 aliphatic heterocycles. The van der Waals surface area contributed by atoms with Crippen molar-refractivity contribution in [3.63, 3.8) is 0 Å². The summed E-state index contributed by atoms with van der Waals surface area (Å²) in [6.07, 6.45) is 0.956. The summed E-state index contributed by atoms with van der Waals surface area (Å²) in [5.74, 6) is 1.39. The molecule has 4 heteroatoms. The molecule has 0 unspecified atom stereocenters. The SMILES string of the molecule is Cc1ccc2nc([C@H]3CCN(C(=O)c4ccccc4)C3)[nH]c2c1. The first-order valence-electron chi connectivity index (χ1n) is 8.01. The van der Waals surface area contributed by atoms with Crippen LogP contribution in [0.2, 0.25) is 0 Å². The summed E-state index contributed by atoms with van der Waals surface area (Å²) in [5.41, 5.74) is 4.06. The lowest BCUT2D eigenvalue weighted by atomic mass is 10.1. The van der Waals surface area contributed by atoms with Gasteiger partial charge in [0.2, 0.25) is 0 Å². The highest BCUT2D eigenvalue weighted by Crippen LogP contribution is 2.28. The molecule has 1 amide bonds. The van der Waals surface area contributed by atoms with Gasteiger partial charge in [-0.05, 0) is 43.2 Å². The number of imidazole rings is 1. The molecule has 0 saturated carbocycles. The maximum absolute atomic E-state index is 12.5. The van der Waals surface area contributed by atoms with Crippen molar-refractivity contribution in [2.45, 2.75) is 19.3 Å². The van der Waals surface area contributed by atoms with E-state index in [0.29, 0.717) is 0 Å². The molecule has 2 aromatic carbocycles. The Balaban J connectivity index is 1.54. The molecular weight excluding hydrogens is 286 g/mol. The van der Waals surface area contributed by atoms with E-state index >= 15 is 0 Å². The highest BCUT2D eigenvalue weighted by atomic mass is 16.2. The molecule has 1 atom stereocenters. The molecule has 2 heterocycles. The van der Waals surface area contributed by atoms with Gasteiger partial charge in [0.15, 0.2) is 0 Å². The predicted molar refractivity (Wildman–Crippen MR) is 90.5 cm³/mol. The molecule has 116 valence electrons. The van der Waals surface area contributed by atoms with Gasteiger partial charge in [-0.15, -0.1) is 0 Å². The molecule has 0 aliphatic carbocycles. The topological polar surface area (TPSA) is 49.0 Å². The normalized spacial score (nSPS) is 17.8. The van der Waals surface area contributed by atoms with Gasteiger partial charge in [-0.3, -0.25) is 4.79 Å². The van der Waals surface area contributed by atoms with Crippen molar-refractivity contribution in [1.29, 1.82) is 0 Å². The monoisotopic (exact) mass is 305 g/mol. The number of H-pyrrole nitrogens is 1. The van der Waals surface area contributed by atoms with Gasteiger partial charge < -0.3 is 9.88 Å². The lowest BCUT2D eigenvalue weighted by Gasteiger charge is -2.16. The Labute approximate surface area is 135 Å². The van der Waals surface area contributed by atoms with Crippen LogP contribution < -0.4 is 0 Å². The van der Waals surface area contributed by atoms with E-state index in [-0.39, 0.29) is 11.8 Å². The van der Waals surface area contributed by atoms with Crippen molar-refractivity contribution >= 4 is 16.9 Å². The van der Waals surface area contributed by atoms with Crippen LogP contribution in [0.3, 0.4) is 0 Å². The standard InChI is InChI=1S/C19H19N3O/c1-13-7-8-16-17(11-13)21-18(20-16)15-9-10-22(12-15)19(23)14-5-3-2-4-6-14/h2-8,11,15H,9-10,12H2,1H3,(H,20,21)/t15-/m0/s1. The minimum Gasteiger partial charge on any atom is -0.342 e. The van der Waals surface area contributed by atoms with Gasteiger partial charge in [0, 0.05) is 24.6 Å². The fraction of sp³-hybridized carbons (Fsp3) is 0.263. The van der Waals surface area contributed by atoms with Crippen LogP contribution >= 0.6 is 0 Å². The number of amides is 1. The van der Waals surface area contributed by atoms with E-state index in [9.17, 15) is 4.79 Å². The third kappa shape index (κ3) is 2.61. The highest BCUT2D eigenvalue weighted by Gasteiger charge is 2.29. The van der Waals surface area contributed by atoms with Crippen LogP contribution in [0.5, 0.6) is 0 Å². The van der Waals surface area contributed by atoms with E-state index in [0.717, 1.165) is 41.9 Å². The van der Waals surface area contributed by atoms with Gasteiger partial charge >= 0.3 is 0 Å². The Morgan fingerprint density at radius 2 is 2.04 bits per heavy atom. The van der Waals surface area contributed by atoms with Crippen LogP contribution in [0.25, 0.3) is 11.0 Å². The first kappa shape index (κ1) is 14.0. The first-order chi connectivity index (χ1) is 11.2. The summed E-state index contributed by atoms with van der Waals surface area (Å²) >= 11 is 0. The fourth-order valence-electron chi connectivity index (χ4n) is 3.27. The molecule has 1 N–H and O–H groups in total. The zero-order valence-electron chi connectivity index (χ0n) is 13.1. The second-order valence-electron chi connectivity index (χ2n) is 6.25. The van der Waals surface area contributed by atoms with E-state index in [1.807, 2.05) is 41.3 Å². The van der Waals surface area contributed by atoms with Gasteiger partial charge in [-0.25, -0.2) is 4.98 Å². The molecule has 4 nitrogen and oxygen atoms in total. The number of benzene rings is 2. The lowest BCUT2D eigenvalue weighted by Crippen LogP contribution is -2.28. The van der Waals surface area contributed by atoms with E-state index in [2.05, 4.69) is 24.0 Å². The zero-order chi connectivity index (χ0) is 15.8. The molecule has 1 saturated heterocycles. The van der Waals surface area contributed by atoms with E-state index < -0.39 is 0 Å². The van der Waals surface area contributed by atoms with Gasteiger partial charge in [-0.2, -0.15) is 0 Å². The molecule has 0 spiro atoms. The number of aryl methyl sites for hydroxylation is 1. The number of carbonyl (C=O) groups is 1. The van der Waals surface area contributed by atoms with Crippen LogP contribution in [0.4, 0.5) is 0 Å². The molecule has 4 rings (SSSR count). The second kappa shape index (κ2) is 5.54. The molecule has 1 aromatic heterocycles. The fourth-order valence-corrected chi connectivity index (χ4v) is 3.27. The Kier molecular flexibility index (Phi) is 3.37. The Bertz CT molecular complexity index is 853. The number of carbonyl (C=O) groups excluding carboxylic acids is 1. The number of fused-ring (bicyclic) bond motifs is 1. The van der Waals surface area contributed by atoms with Crippen molar-refractivity contribution < 1.29 is 4.79 Å². The maximum atomic E-state index is 12.5.